The van der Waals surface area contributed by atoms with Gasteiger partial charge in [0.25, 0.3) is 0 Å². The van der Waals surface area contributed by atoms with Crippen molar-refractivity contribution in [3.05, 3.63) is 34.9 Å². The molecule has 0 radical (unpaired) electrons. The van der Waals surface area contributed by atoms with E-state index in [9.17, 15) is 0 Å². The van der Waals surface area contributed by atoms with Crippen molar-refractivity contribution in [3.63, 3.8) is 0 Å². The summed E-state index contributed by atoms with van der Waals surface area (Å²) in [6.07, 6.45) is 8.00. The smallest absolute Gasteiger partial charge is 0.0628 e. The molecule has 2 heterocycles. The van der Waals surface area contributed by atoms with Gasteiger partial charge in [0.05, 0.1) is 11.9 Å². The Bertz CT molecular complexity index is 567. The van der Waals surface area contributed by atoms with Crippen molar-refractivity contribution >= 4 is 0 Å². The Hall–Kier alpha value is -1.62. The van der Waals surface area contributed by atoms with Crippen LogP contribution in [0, 0.1) is 13.8 Å². The summed E-state index contributed by atoms with van der Waals surface area (Å²) in [4.78, 5) is 0. The second-order valence-corrected chi connectivity index (χ2v) is 5.63. The zero-order valence-electron chi connectivity index (χ0n) is 12.9. The van der Waals surface area contributed by atoms with E-state index in [-0.39, 0.29) is 6.04 Å². The van der Waals surface area contributed by atoms with Gasteiger partial charge in [0.2, 0.25) is 0 Å². The molecule has 0 fully saturated rings. The van der Waals surface area contributed by atoms with Crippen LogP contribution in [-0.2, 0) is 26.9 Å². The lowest BCUT2D eigenvalue weighted by molar-refractivity contribution is 0.567. The molecule has 0 aliphatic heterocycles. The van der Waals surface area contributed by atoms with Gasteiger partial charge in [-0.25, -0.2) is 0 Å². The third-order valence-corrected chi connectivity index (χ3v) is 3.99. The summed E-state index contributed by atoms with van der Waals surface area (Å²) < 4.78 is 3.79. The molecule has 0 aliphatic rings. The molecule has 2 aromatic heterocycles. The van der Waals surface area contributed by atoms with Crippen molar-refractivity contribution in [1.82, 2.24) is 19.6 Å². The van der Waals surface area contributed by atoms with Gasteiger partial charge in [-0.05, 0) is 50.7 Å². The average molecular weight is 275 g/mol. The summed E-state index contributed by atoms with van der Waals surface area (Å²) in [6, 6.07) is 0.231. The molecule has 0 amide bonds. The number of aryl methyl sites for hydroxylation is 4. The Morgan fingerprint density at radius 3 is 2.45 bits per heavy atom. The fourth-order valence-corrected chi connectivity index (χ4v) is 2.61. The van der Waals surface area contributed by atoms with Gasteiger partial charge in [-0.3, -0.25) is 9.36 Å². The van der Waals surface area contributed by atoms with Crippen molar-refractivity contribution in [2.75, 3.05) is 0 Å². The topological polar surface area (TPSA) is 61.7 Å². The van der Waals surface area contributed by atoms with Crippen LogP contribution in [0.25, 0.3) is 0 Å². The standard InChI is InChI=1S/C15H25N5/c1-11-15(12(2)20(4)18-11)8-7-14(16)6-5-13-9-17-19(3)10-13/h9-10,14H,5-8,16H2,1-4H3. The first-order valence-electron chi connectivity index (χ1n) is 7.19. The summed E-state index contributed by atoms with van der Waals surface area (Å²) in [5.74, 6) is 0. The van der Waals surface area contributed by atoms with Gasteiger partial charge in [0.1, 0.15) is 0 Å². The number of nitrogens with zero attached hydrogens (tertiary/aromatic N) is 4. The van der Waals surface area contributed by atoms with Crippen LogP contribution in [0.15, 0.2) is 12.4 Å². The first-order valence-corrected chi connectivity index (χ1v) is 7.19. The monoisotopic (exact) mass is 275 g/mol. The van der Waals surface area contributed by atoms with Crippen molar-refractivity contribution in [3.8, 4) is 0 Å². The maximum absolute atomic E-state index is 6.23. The van der Waals surface area contributed by atoms with Crippen LogP contribution >= 0.6 is 0 Å². The molecule has 0 saturated carbocycles. The average Bonchev–Trinajstić information content (AvgIpc) is 2.91. The minimum Gasteiger partial charge on any atom is -0.328 e. The first-order chi connectivity index (χ1) is 9.47. The van der Waals surface area contributed by atoms with E-state index in [0.717, 1.165) is 31.4 Å². The van der Waals surface area contributed by atoms with Crippen LogP contribution in [0.2, 0.25) is 0 Å². The van der Waals surface area contributed by atoms with Gasteiger partial charge < -0.3 is 5.73 Å². The normalized spacial score (nSPS) is 12.8. The van der Waals surface area contributed by atoms with Crippen molar-refractivity contribution in [2.24, 2.45) is 19.8 Å². The maximum Gasteiger partial charge on any atom is 0.0628 e. The number of hydrogen-bond acceptors (Lipinski definition) is 3. The summed E-state index contributed by atoms with van der Waals surface area (Å²) in [5, 5.41) is 8.63. The number of aromatic nitrogens is 4. The molecule has 2 aromatic rings. The highest BCUT2D eigenvalue weighted by Gasteiger charge is 2.11. The molecule has 5 heteroatoms. The van der Waals surface area contributed by atoms with Gasteiger partial charge in [-0.15, -0.1) is 0 Å². The Balaban J connectivity index is 1.81. The van der Waals surface area contributed by atoms with Crippen LogP contribution in [-0.4, -0.2) is 25.6 Å². The van der Waals surface area contributed by atoms with E-state index in [1.54, 1.807) is 0 Å². The van der Waals surface area contributed by atoms with Crippen LogP contribution in [0.5, 0.6) is 0 Å². The van der Waals surface area contributed by atoms with E-state index in [0.29, 0.717) is 0 Å². The predicted molar refractivity (Wildman–Crippen MR) is 80.5 cm³/mol. The van der Waals surface area contributed by atoms with E-state index >= 15 is 0 Å². The molecule has 1 unspecified atom stereocenters. The lowest BCUT2D eigenvalue weighted by Gasteiger charge is -2.11. The molecule has 110 valence electrons. The predicted octanol–water partition coefficient (Wildman–Crippen LogP) is 1.66. The first kappa shape index (κ1) is 14.8. The highest BCUT2D eigenvalue weighted by Crippen LogP contribution is 2.16. The number of rotatable bonds is 6. The molecule has 0 aliphatic carbocycles. The van der Waals surface area contributed by atoms with E-state index in [2.05, 4.69) is 30.2 Å². The highest BCUT2D eigenvalue weighted by atomic mass is 15.3. The minimum absolute atomic E-state index is 0.231. The summed E-state index contributed by atoms with van der Waals surface area (Å²) in [7, 11) is 3.94. The highest BCUT2D eigenvalue weighted by molar-refractivity contribution is 5.24. The molecule has 20 heavy (non-hydrogen) atoms. The number of nitrogens with two attached hydrogens (primary N) is 1. The largest absolute Gasteiger partial charge is 0.328 e. The van der Waals surface area contributed by atoms with Crippen molar-refractivity contribution in [2.45, 2.75) is 45.6 Å². The lowest BCUT2D eigenvalue weighted by atomic mass is 10.00. The minimum atomic E-state index is 0.231. The van der Waals surface area contributed by atoms with Crippen LogP contribution in [0.1, 0.15) is 35.4 Å². The zero-order chi connectivity index (χ0) is 14.7. The van der Waals surface area contributed by atoms with Crippen LogP contribution in [0.4, 0.5) is 0 Å². The van der Waals surface area contributed by atoms with Gasteiger partial charge in [-0.2, -0.15) is 10.2 Å². The number of hydrogen-bond donors (Lipinski definition) is 1. The third kappa shape index (κ3) is 3.48. The molecule has 0 aromatic carbocycles. The lowest BCUT2D eigenvalue weighted by Crippen LogP contribution is -2.21. The van der Waals surface area contributed by atoms with Crippen LogP contribution in [0.3, 0.4) is 0 Å². The summed E-state index contributed by atoms with van der Waals surface area (Å²) >= 11 is 0. The van der Waals surface area contributed by atoms with Crippen molar-refractivity contribution < 1.29 is 0 Å². The van der Waals surface area contributed by atoms with E-state index < -0.39 is 0 Å². The van der Waals surface area contributed by atoms with E-state index in [1.807, 2.05) is 29.7 Å². The maximum atomic E-state index is 6.23. The van der Waals surface area contributed by atoms with Gasteiger partial charge in [-0.1, -0.05) is 0 Å². The fraction of sp³-hybridized carbons (Fsp3) is 0.600. The zero-order valence-corrected chi connectivity index (χ0v) is 12.9. The van der Waals surface area contributed by atoms with E-state index in [1.165, 1.54) is 16.8 Å². The molecule has 0 saturated heterocycles. The SMILES string of the molecule is Cc1nn(C)c(C)c1CCC(N)CCc1cnn(C)c1. The third-order valence-electron chi connectivity index (χ3n) is 3.99. The van der Waals surface area contributed by atoms with Gasteiger partial charge in [0.15, 0.2) is 0 Å². The second kappa shape index (κ2) is 6.22. The fourth-order valence-electron chi connectivity index (χ4n) is 2.61. The van der Waals surface area contributed by atoms with Gasteiger partial charge in [0, 0.05) is 32.0 Å². The Morgan fingerprint density at radius 1 is 1.20 bits per heavy atom. The molecule has 0 bridgehead atoms. The van der Waals surface area contributed by atoms with Gasteiger partial charge >= 0.3 is 0 Å². The molecule has 2 N–H and O–H groups in total. The quantitative estimate of drug-likeness (QED) is 0.872. The molecule has 0 spiro atoms. The van der Waals surface area contributed by atoms with E-state index in [4.69, 9.17) is 5.73 Å². The summed E-state index contributed by atoms with van der Waals surface area (Å²) in [5.41, 5.74) is 11.2. The van der Waals surface area contributed by atoms with Crippen LogP contribution < -0.4 is 5.73 Å². The Kier molecular flexibility index (Phi) is 4.60. The summed E-state index contributed by atoms with van der Waals surface area (Å²) in [6.45, 7) is 4.19. The Labute approximate surface area is 120 Å². The second-order valence-electron chi connectivity index (χ2n) is 5.63. The Morgan fingerprint density at radius 2 is 1.90 bits per heavy atom. The molecule has 1 atom stereocenters. The molecule has 2 rings (SSSR count). The molecule has 5 nitrogen and oxygen atoms in total. The van der Waals surface area contributed by atoms with Crippen molar-refractivity contribution in [1.29, 1.82) is 0 Å². The molecular formula is C15H25N5. The molecular weight excluding hydrogens is 250 g/mol.